The summed E-state index contributed by atoms with van der Waals surface area (Å²) in [4.78, 5) is 11.5. The van der Waals surface area contributed by atoms with E-state index < -0.39 is 5.97 Å². The Labute approximate surface area is 112 Å². The average Bonchev–Trinajstić information content (AvgIpc) is 2.91. The molecule has 3 rings (SSSR count). The Morgan fingerprint density at radius 2 is 1.89 bits per heavy atom. The van der Waals surface area contributed by atoms with Crippen LogP contribution in [0.15, 0.2) is 23.8 Å². The standard InChI is InChI=1S/C16H18O3/c17-14-7-3-6-12-11(14)8-9-13(16(18)19)15(12)10-4-1-2-5-10/h3,6-7,10,17H,1-2,4-5,8-9H2,(H,18,19). The first kappa shape index (κ1) is 12.3. The summed E-state index contributed by atoms with van der Waals surface area (Å²) in [5, 5.41) is 19.4. The topological polar surface area (TPSA) is 57.5 Å². The molecule has 0 aliphatic heterocycles. The van der Waals surface area contributed by atoms with Gasteiger partial charge in [-0.05, 0) is 48.8 Å². The van der Waals surface area contributed by atoms with Crippen LogP contribution in [-0.4, -0.2) is 16.2 Å². The first-order valence-corrected chi connectivity index (χ1v) is 6.96. The smallest absolute Gasteiger partial charge is 0.331 e. The summed E-state index contributed by atoms with van der Waals surface area (Å²) >= 11 is 0. The van der Waals surface area contributed by atoms with Crippen molar-refractivity contribution >= 4 is 11.5 Å². The van der Waals surface area contributed by atoms with Crippen molar-refractivity contribution in [2.45, 2.75) is 38.5 Å². The number of carboxylic acids is 1. The molecule has 1 fully saturated rings. The van der Waals surface area contributed by atoms with Crippen LogP contribution in [0, 0.1) is 5.92 Å². The molecule has 0 bridgehead atoms. The van der Waals surface area contributed by atoms with E-state index in [9.17, 15) is 15.0 Å². The Morgan fingerprint density at radius 3 is 2.58 bits per heavy atom. The summed E-state index contributed by atoms with van der Waals surface area (Å²) in [7, 11) is 0. The maximum Gasteiger partial charge on any atom is 0.331 e. The van der Waals surface area contributed by atoms with Gasteiger partial charge in [-0.3, -0.25) is 0 Å². The van der Waals surface area contributed by atoms with Crippen molar-refractivity contribution in [3.05, 3.63) is 34.9 Å². The number of hydrogen-bond acceptors (Lipinski definition) is 2. The minimum Gasteiger partial charge on any atom is -0.508 e. The van der Waals surface area contributed by atoms with Crippen molar-refractivity contribution in [1.82, 2.24) is 0 Å². The number of phenolic OH excluding ortho intramolecular Hbond substituents is 1. The van der Waals surface area contributed by atoms with E-state index in [4.69, 9.17) is 0 Å². The molecule has 3 heteroatoms. The van der Waals surface area contributed by atoms with Crippen LogP contribution in [0.25, 0.3) is 5.57 Å². The van der Waals surface area contributed by atoms with Gasteiger partial charge in [0.1, 0.15) is 5.75 Å². The average molecular weight is 258 g/mol. The van der Waals surface area contributed by atoms with E-state index in [0.29, 0.717) is 30.1 Å². The van der Waals surface area contributed by atoms with Crippen molar-refractivity contribution in [1.29, 1.82) is 0 Å². The first-order valence-electron chi connectivity index (χ1n) is 6.96. The van der Waals surface area contributed by atoms with Gasteiger partial charge >= 0.3 is 5.97 Å². The molecular formula is C16H18O3. The number of fused-ring (bicyclic) bond motifs is 1. The molecule has 0 saturated heterocycles. The molecule has 0 radical (unpaired) electrons. The number of carbonyl (C=O) groups is 1. The van der Waals surface area contributed by atoms with Crippen LogP contribution in [0.5, 0.6) is 5.75 Å². The number of aliphatic carboxylic acids is 1. The second-order valence-electron chi connectivity index (χ2n) is 5.48. The number of rotatable bonds is 2. The lowest BCUT2D eigenvalue weighted by Gasteiger charge is -2.26. The highest BCUT2D eigenvalue weighted by Gasteiger charge is 2.31. The SMILES string of the molecule is O=C(O)C1=C(C2CCCC2)c2cccc(O)c2CC1. The highest BCUT2D eigenvalue weighted by atomic mass is 16.4. The molecule has 0 atom stereocenters. The lowest BCUT2D eigenvalue weighted by atomic mass is 9.78. The van der Waals surface area contributed by atoms with Crippen molar-refractivity contribution < 1.29 is 15.0 Å². The highest BCUT2D eigenvalue weighted by Crippen LogP contribution is 2.44. The summed E-state index contributed by atoms with van der Waals surface area (Å²) < 4.78 is 0. The minimum atomic E-state index is -0.795. The predicted octanol–water partition coefficient (Wildman–Crippen LogP) is 3.37. The van der Waals surface area contributed by atoms with E-state index in [-0.39, 0.29) is 0 Å². The van der Waals surface area contributed by atoms with Crippen LogP contribution in [0.4, 0.5) is 0 Å². The Bertz CT molecular complexity index is 551. The normalized spacial score (nSPS) is 19.6. The van der Waals surface area contributed by atoms with Gasteiger partial charge in [0.2, 0.25) is 0 Å². The lowest BCUT2D eigenvalue weighted by Crippen LogP contribution is -2.16. The maximum atomic E-state index is 11.5. The molecule has 1 aromatic rings. The minimum absolute atomic E-state index is 0.303. The number of carboxylic acid groups (broad SMARTS) is 1. The molecular weight excluding hydrogens is 240 g/mol. The molecule has 0 amide bonds. The molecule has 2 aliphatic rings. The van der Waals surface area contributed by atoms with Gasteiger partial charge < -0.3 is 10.2 Å². The molecule has 0 unspecified atom stereocenters. The second-order valence-corrected chi connectivity index (χ2v) is 5.48. The quantitative estimate of drug-likeness (QED) is 0.855. The van der Waals surface area contributed by atoms with E-state index in [1.54, 1.807) is 6.07 Å². The summed E-state index contributed by atoms with van der Waals surface area (Å²) in [6.07, 6.45) is 5.65. The number of benzene rings is 1. The van der Waals surface area contributed by atoms with Crippen LogP contribution in [0.3, 0.4) is 0 Å². The Kier molecular flexibility index (Phi) is 3.05. The summed E-state index contributed by atoms with van der Waals surface area (Å²) in [6, 6.07) is 5.47. The molecule has 2 aliphatic carbocycles. The molecule has 0 spiro atoms. The summed E-state index contributed by atoms with van der Waals surface area (Å²) in [5.41, 5.74) is 3.44. The molecule has 2 N–H and O–H groups in total. The Balaban J connectivity index is 2.17. The zero-order valence-corrected chi connectivity index (χ0v) is 10.9. The second kappa shape index (κ2) is 4.72. The number of allylic oxidation sites excluding steroid dienone is 1. The van der Waals surface area contributed by atoms with Crippen molar-refractivity contribution in [2.75, 3.05) is 0 Å². The Hall–Kier alpha value is -1.77. The lowest BCUT2D eigenvalue weighted by molar-refractivity contribution is -0.132. The highest BCUT2D eigenvalue weighted by molar-refractivity contribution is 5.98. The van der Waals surface area contributed by atoms with Crippen LogP contribution in [0.1, 0.15) is 43.2 Å². The van der Waals surface area contributed by atoms with E-state index >= 15 is 0 Å². The zero-order valence-electron chi connectivity index (χ0n) is 10.9. The molecule has 1 saturated carbocycles. The molecule has 0 aromatic heterocycles. The largest absolute Gasteiger partial charge is 0.508 e. The third-order valence-corrected chi connectivity index (χ3v) is 4.41. The third-order valence-electron chi connectivity index (χ3n) is 4.41. The van der Waals surface area contributed by atoms with Gasteiger partial charge in [-0.1, -0.05) is 25.0 Å². The maximum absolute atomic E-state index is 11.5. The zero-order chi connectivity index (χ0) is 13.4. The fraction of sp³-hybridized carbons (Fsp3) is 0.438. The van der Waals surface area contributed by atoms with Gasteiger partial charge in [0.25, 0.3) is 0 Å². The van der Waals surface area contributed by atoms with Crippen molar-refractivity contribution in [3.63, 3.8) is 0 Å². The van der Waals surface area contributed by atoms with E-state index in [1.807, 2.05) is 12.1 Å². The number of aromatic hydroxyl groups is 1. The third kappa shape index (κ3) is 2.03. The number of hydrogen-bond donors (Lipinski definition) is 2. The van der Waals surface area contributed by atoms with Gasteiger partial charge in [0.05, 0.1) is 0 Å². The van der Waals surface area contributed by atoms with E-state index in [2.05, 4.69) is 0 Å². The molecule has 19 heavy (non-hydrogen) atoms. The molecule has 100 valence electrons. The molecule has 0 heterocycles. The fourth-order valence-electron chi connectivity index (χ4n) is 3.54. The van der Waals surface area contributed by atoms with Gasteiger partial charge in [0, 0.05) is 11.1 Å². The van der Waals surface area contributed by atoms with E-state index in [1.165, 1.54) is 12.8 Å². The molecule has 3 nitrogen and oxygen atoms in total. The Morgan fingerprint density at radius 1 is 1.16 bits per heavy atom. The number of phenols is 1. The predicted molar refractivity (Wildman–Crippen MR) is 72.9 cm³/mol. The van der Waals surface area contributed by atoms with E-state index in [0.717, 1.165) is 29.5 Å². The summed E-state index contributed by atoms with van der Waals surface area (Å²) in [6.45, 7) is 0. The monoisotopic (exact) mass is 258 g/mol. The van der Waals surface area contributed by atoms with Gasteiger partial charge in [-0.25, -0.2) is 4.79 Å². The van der Waals surface area contributed by atoms with Crippen LogP contribution in [0.2, 0.25) is 0 Å². The van der Waals surface area contributed by atoms with Crippen LogP contribution in [-0.2, 0) is 11.2 Å². The van der Waals surface area contributed by atoms with Gasteiger partial charge in [0.15, 0.2) is 0 Å². The molecule has 1 aromatic carbocycles. The van der Waals surface area contributed by atoms with Crippen molar-refractivity contribution in [3.8, 4) is 5.75 Å². The van der Waals surface area contributed by atoms with Crippen LogP contribution >= 0.6 is 0 Å². The summed E-state index contributed by atoms with van der Waals surface area (Å²) in [5.74, 6) is -0.139. The first-order chi connectivity index (χ1) is 9.18. The van der Waals surface area contributed by atoms with Gasteiger partial charge in [-0.15, -0.1) is 0 Å². The van der Waals surface area contributed by atoms with Gasteiger partial charge in [-0.2, -0.15) is 0 Å². The fourth-order valence-corrected chi connectivity index (χ4v) is 3.54. The van der Waals surface area contributed by atoms with Crippen molar-refractivity contribution in [2.24, 2.45) is 5.92 Å². The van der Waals surface area contributed by atoms with Crippen LogP contribution < -0.4 is 0 Å².